The van der Waals surface area contributed by atoms with E-state index in [-0.39, 0.29) is 0 Å². The van der Waals surface area contributed by atoms with Gasteiger partial charge in [0, 0.05) is 32.1 Å². The van der Waals surface area contributed by atoms with E-state index in [4.69, 9.17) is 0 Å². The van der Waals surface area contributed by atoms with Gasteiger partial charge in [0.05, 0.1) is 5.56 Å². The minimum Gasteiger partial charge on any atom is -0.274 e. The van der Waals surface area contributed by atoms with Crippen molar-refractivity contribution < 1.29 is 0 Å². The maximum atomic E-state index is 4.51. The second kappa shape index (κ2) is 3.73. The number of nitrogens with zero attached hydrogens (tertiary/aromatic N) is 4. The molecule has 0 atom stereocenters. The van der Waals surface area contributed by atoms with E-state index < -0.39 is 0 Å². The quantitative estimate of drug-likeness (QED) is 0.864. The highest BCUT2D eigenvalue weighted by Gasteiger charge is 2.22. The lowest BCUT2D eigenvalue weighted by atomic mass is 10.3. The zero-order chi connectivity index (χ0) is 11.1. The molecule has 1 fully saturated rings. The summed E-state index contributed by atoms with van der Waals surface area (Å²) in [6.07, 6.45) is 6.55. The molecule has 1 aliphatic carbocycles. The van der Waals surface area contributed by atoms with Gasteiger partial charge in [-0.15, -0.1) is 0 Å². The molecule has 83 valence electrons. The molecule has 1 saturated carbocycles. The normalized spacial score (nSPS) is 15.6. The minimum absolute atomic E-state index is 0.822. The second-order valence-electron chi connectivity index (χ2n) is 4.29. The van der Waals surface area contributed by atoms with Crippen LogP contribution in [0.1, 0.15) is 12.8 Å². The zero-order valence-electron chi connectivity index (χ0n) is 9.02. The molecule has 0 unspecified atom stereocenters. The molecule has 2 heterocycles. The monoisotopic (exact) mass is 279 g/mol. The summed E-state index contributed by atoms with van der Waals surface area (Å²) in [5.41, 5.74) is 1.86. The lowest BCUT2D eigenvalue weighted by Crippen LogP contribution is -1.99. The van der Waals surface area contributed by atoms with Crippen molar-refractivity contribution in [3.63, 3.8) is 0 Å². The SMILES string of the molecule is Cn1cc(-c2[c]cn(CC3CC3)n2)c(Br)n1. The van der Waals surface area contributed by atoms with Crippen LogP contribution in [-0.4, -0.2) is 19.6 Å². The van der Waals surface area contributed by atoms with Crippen molar-refractivity contribution in [3.05, 3.63) is 23.1 Å². The van der Waals surface area contributed by atoms with Gasteiger partial charge in [-0.1, -0.05) is 0 Å². The molecule has 0 amide bonds. The minimum atomic E-state index is 0.822. The summed E-state index contributed by atoms with van der Waals surface area (Å²) in [6.45, 7) is 1.02. The van der Waals surface area contributed by atoms with E-state index in [1.807, 2.05) is 24.1 Å². The summed E-state index contributed by atoms with van der Waals surface area (Å²) in [6, 6.07) is 3.18. The van der Waals surface area contributed by atoms with Gasteiger partial charge >= 0.3 is 0 Å². The van der Waals surface area contributed by atoms with Crippen LogP contribution in [-0.2, 0) is 13.6 Å². The van der Waals surface area contributed by atoms with Crippen molar-refractivity contribution in [2.75, 3.05) is 0 Å². The first-order valence-corrected chi connectivity index (χ1v) is 6.16. The molecule has 0 spiro atoms. The lowest BCUT2D eigenvalue weighted by Gasteiger charge is -1.97. The fourth-order valence-electron chi connectivity index (χ4n) is 1.73. The Bertz CT molecular complexity index is 510. The van der Waals surface area contributed by atoms with E-state index in [0.717, 1.165) is 28.3 Å². The predicted octanol–water partition coefficient (Wildman–Crippen LogP) is 2.26. The number of rotatable bonds is 3. The van der Waals surface area contributed by atoms with E-state index in [1.54, 1.807) is 4.68 Å². The van der Waals surface area contributed by atoms with Gasteiger partial charge in [-0.05, 0) is 34.7 Å². The molecule has 0 aliphatic heterocycles. The molecule has 2 aromatic heterocycles. The highest BCUT2D eigenvalue weighted by molar-refractivity contribution is 9.10. The average Bonchev–Trinajstić information content (AvgIpc) is 2.80. The molecule has 5 heteroatoms. The highest BCUT2D eigenvalue weighted by Crippen LogP contribution is 2.31. The highest BCUT2D eigenvalue weighted by atomic mass is 79.9. The van der Waals surface area contributed by atoms with Gasteiger partial charge in [-0.3, -0.25) is 9.36 Å². The van der Waals surface area contributed by atoms with Crippen molar-refractivity contribution in [1.29, 1.82) is 0 Å². The number of aromatic nitrogens is 4. The van der Waals surface area contributed by atoms with E-state index in [9.17, 15) is 0 Å². The molecule has 16 heavy (non-hydrogen) atoms. The zero-order valence-corrected chi connectivity index (χ0v) is 10.6. The molecular weight excluding hydrogens is 268 g/mol. The predicted molar refractivity (Wildman–Crippen MR) is 63.7 cm³/mol. The third-order valence-electron chi connectivity index (χ3n) is 2.76. The fraction of sp³-hybridized carbons (Fsp3) is 0.455. The first kappa shape index (κ1) is 10.1. The van der Waals surface area contributed by atoms with E-state index in [0.29, 0.717) is 0 Å². The molecule has 0 N–H and O–H groups in total. The number of aryl methyl sites for hydroxylation is 1. The van der Waals surface area contributed by atoms with Crippen molar-refractivity contribution in [2.45, 2.75) is 19.4 Å². The van der Waals surface area contributed by atoms with Crippen LogP contribution in [0.4, 0.5) is 0 Å². The molecular formula is C11H12BrN4. The maximum absolute atomic E-state index is 4.51. The van der Waals surface area contributed by atoms with Crippen molar-refractivity contribution in [2.24, 2.45) is 13.0 Å². The first-order valence-electron chi connectivity index (χ1n) is 5.37. The van der Waals surface area contributed by atoms with Crippen LogP contribution < -0.4 is 0 Å². The molecule has 0 bridgehead atoms. The topological polar surface area (TPSA) is 35.6 Å². The molecule has 0 aromatic carbocycles. The Morgan fingerprint density at radius 3 is 2.94 bits per heavy atom. The average molecular weight is 280 g/mol. The van der Waals surface area contributed by atoms with Gasteiger partial charge in [-0.25, -0.2) is 0 Å². The Balaban J connectivity index is 1.87. The van der Waals surface area contributed by atoms with Gasteiger partial charge < -0.3 is 0 Å². The molecule has 1 aliphatic rings. The summed E-state index contributed by atoms with van der Waals surface area (Å²) in [5, 5.41) is 8.75. The Kier molecular flexibility index (Phi) is 2.35. The Morgan fingerprint density at radius 2 is 2.31 bits per heavy atom. The molecule has 4 nitrogen and oxygen atoms in total. The standard InChI is InChI=1S/C11H12BrN4/c1-15-7-9(11(12)14-15)10-4-5-16(13-10)6-8-2-3-8/h5,7-8H,2-3,6H2,1H3. The fourth-order valence-corrected chi connectivity index (χ4v) is 2.27. The van der Waals surface area contributed by atoms with Crippen molar-refractivity contribution in [1.82, 2.24) is 19.6 Å². The van der Waals surface area contributed by atoms with Crippen LogP contribution in [0, 0.1) is 12.0 Å². The van der Waals surface area contributed by atoms with Crippen LogP contribution in [0.2, 0.25) is 0 Å². The van der Waals surface area contributed by atoms with Crippen LogP contribution in [0.25, 0.3) is 11.3 Å². The molecule has 0 saturated heterocycles. The van der Waals surface area contributed by atoms with Crippen LogP contribution >= 0.6 is 15.9 Å². The number of hydrogen-bond donors (Lipinski definition) is 0. The van der Waals surface area contributed by atoms with Gasteiger partial charge in [0.15, 0.2) is 0 Å². The van der Waals surface area contributed by atoms with Crippen LogP contribution in [0.15, 0.2) is 17.0 Å². The smallest absolute Gasteiger partial charge is 0.137 e. The van der Waals surface area contributed by atoms with E-state index >= 15 is 0 Å². The summed E-state index contributed by atoms with van der Waals surface area (Å²) < 4.78 is 4.57. The van der Waals surface area contributed by atoms with Gasteiger partial charge in [0.2, 0.25) is 0 Å². The van der Waals surface area contributed by atoms with Crippen molar-refractivity contribution in [3.8, 4) is 11.3 Å². The summed E-state index contributed by atoms with van der Waals surface area (Å²) >= 11 is 3.43. The molecule has 2 aromatic rings. The van der Waals surface area contributed by atoms with E-state index in [1.165, 1.54) is 12.8 Å². The summed E-state index contributed by atoms with van der Waals surface area (Å²) in [5.74, 6) is 0.832. The second-order valence-corrected chi connectivity index (χ2v) is 5.05. The van der Waals surface area contributed by atoms with Gasteiger partial charge in [0.1, 0.15) is 10.3 Å². The lowest BCUT2D eigenvalue weighted by molar-refractivity contribution is 0.564. The largest absolute Gasteiger partial charge is 0.274 e. The Labute approximate surface area is 102 Å². The maximum Gasteiger partial charge on any atom is 0.137 e. The third-order valence-corrected chi connectivity index (χ3v) is 3.35. The number of hydrogen-bond acceptors (Lipinski definition) is 2. The Hall–Kier alpha value is -1.10. The molecule has 3 rings (SSSR count). The van der Waals surface area contributed by atoms with Crippen molar-refractivity contribution >= 4 is 15.9 Å². The summed E-state index contributed by atoms with van der Waals surface area (Å²) in [4.78, 5) is 0. The van der Waals surface area contributed by atoms with Gasteiger partial charge in [0.25, 0.3) is 0 Å². The first-order chi connectivity index (χ1) is 7.72. The third kappa shape index (κ3) is 1.91. The Morgan fingerprint density at radius 1 is 1.50 bits per heavy atom. The van der Waals surface area contributed by atoms with Crippen LogP contribution in [0.3, 0.4) is 0 Å². The molecule has 1 radical (unpaired) electrons. The van der Waals surface area contributed by atoms with Crippen LogP contribution in [0.5, 0.6) is 0 Å². The van der Waals surface area contributed by atoms with E-state index in [2.05, 4.69) is 32.2 Å². The number of halogens is 1. The summed E-state index contributed by atoms with van der Waals surface area (Å²) in [7, 11) is 1.90. The van der Waals surface area contributed by atoms with Gasteiger partial charge in [-0.2, -0.15) is 10.2 Å².